The third kappa shape index (κ3) is 3.35. The van der Waals surface area contributed by atoms with Crippen LogP contribution in [0.4, 0.5) is 0 Å². The zero-order valence-corrected chi connectivity index (χ0v) is 9.96. The van der Waals surface area contributed by atoms with Gasteiger partial charge in [0, 0.05) is 19.6 Å². The van der Waals surface area contributed by atoms with Gasteiger partial charge in [0.2, 0.25) is 11.8 Å². The molecule has 0 aromatic heterocycles. The van der Waals surface area contributed by atoms with Crippen molar-refractivity contribution in [1.29, 1.82) is 0 Å². The molecule has 1 saturated heterocycles. The molecule has 1 aliphatic carbocycles. The van der Waals surface area contributed by atoms with E-state index in [1.54, 1.807) is 0 Å². The molecule has 1 heterocycles. The van der Waals surface area contributed by atoms with E-state index in [4.69, 9.17) is 5.73 Å². The summed E-state index contributed by atoms with van der Waals surface area (Å²) >= 11 is 0. The third-order valence-electron chi connectivity index (χ3n) is 2.96. The molecule has 1 unspecified atom stereocenters. The molecular weight excluding hydrogens is 230 g/mol. The van der Waals surface area contributed by atoms with Gasteiger partial charge in [-0.1, -0.05) is 0 Å². The minimum Gasteiger partial charge on any atom is -0.370 e. The average Bonchev–Trinajstić information content (AvgIpc) is 2.95. The molecule has 0 bridgehead atoms. The van der Waals surface area contributed by atoms with Gasteiger partial charge in [-0.2, -0.15) is 0 Å². The number of piperazine rings is 1. The molecule has 1 saturated carbocycles. The highest BCUT2D eigenvalue weighted by Gasteiger charge is 2.33. The fourth-order valence-corrected chi connectivity index (χ4v) is 1.95. The average molecular weight is 248 g/mol. The SMILES string of the molecule is Cl.NC(=O)CC1NCCN(CC2CC2)C1=O. The summed E-state index contributed by atoms with van der Waals surface area (Å²) in [4.78, 5) is 24.5. The quantitative estimate of drug-likeness (QED) is 0.703. The molecule has 16 heavy (non-hydrogen) atoms. The highest BCUT2D eigenvalue weighted by atomic mass is 35.5. The van der Waals surface area contributed by atoms with E-state index < -0.39 is 11.9 Å². The van der Waals surface area contributed by atoms with Gasteiger partial charge in [0.25, 0.3) is 0 Å². The van der Waals surface area contributed by atoms with Gasteiger partial charge in [-0.3, -0.25) is 9.59 Å². The van der Waals surface area contributed by atoms with Crippen molar-refractivity contribution in [3.8, 4) is 0 Å². The maximum absolute atomic E-state index is 11.9. The van der Waals surface area contributed by atoms with Gasteiger partial charge in [0.1, 0.15) is 0 Å². The number of nitrogens with one attached hydrogen (secondary N) is 1. The molecule has 0 aromatic rings. The van der Waals surface area contributed by atoms with Crippen molar-refractivity contribution in [3.63, 3.8) is 0 Å². The van der Waals surface area contributed by atoms with Crippen molar-refractivity contribution in [2.24, 2.45) is 11.7 Å². The van der Waals surface area contributed by atoms with Crippen LogP contribution in [0.1, 0.15) is 19.3 Å². The largest absolute Gasteiger partial charge is 0.370 e. The van der Waals surface area contributed by atoms with Crippen molar-refractivity contribution < 1.29 is 9.59 Å². The van der Waals surface area contributed by atoms with Crippen molar-refractivity contribution >= 4 is 24.2 Å². The number of rotatable bonds is 4. The Bertz CT molecular complexity index is 281. The lowest BCUT2D eigenvalue weighted by Gasteiger charge is -2.32. The molecule has 2 aliphatic rings. The number of carbonyl (C=O) groups excluding carboxylic acids is 2. The Balaban J connectivity index is 0.00000128. The molecule has 2 amide bonds. The fourth-order valence-electron chi connectivity index (χ4n) is 1.95. The fraction of sp³-hybridized carbons (Fsp3) is 0.800. The van der Waals surface area contributed by atoms with E-state index in [1.807, 2.05) is 4.90 Å². The Hall–Kier alpha value is -0.810. The molecule has 1 atom stereocenters. The van der Waals surface area contributed by atoms with Crippen LogP contribution in [0.25, 0.3) is 0 Å². The van der Waals surface area contributed by atoms with Gasteiger partial charge in [-0.05, 0) is 18.8 Å². The molecule has 0 radical (unpaired) electrons. The molecule has 3 N–H and O–H groups in total. The number of carbonyl (C=O) groups is 2. The standard InChI is InChI=1S/C10H17N3O2.ClH/c11-9(14)5-8-10(15)13(4-3-12-8)6-7-1-2-7;/h7-8,12H,1-6H2,(H2,11,14);1H. The highest BCUT2D eigenvalue weighted by Crippen LogP contribution is 2.30. The van der Waals surface area contributed by atoms with Crippen molar-refractivity contribution in [2.45, 2.75) is 25.3 Å². The van der Waals surface area contributed by atoms with Crippen LogP contribution in [0, 0.1) is 5.92 Å². The molecule has 6 heteroatoms. The van der Waals surface area contributed by atoms with Crippen LogP contribution in [0.15, 0.2) is 0 Å². The number of amides is 2. The van der Waals surface area contributed by atoms with Gasteiger partial charge in [0.15, 0.2) is 0 Å². The predicted octanol–water partition coefficient (Wildman–Crippen LogP) is -0.506. The predicted molar refractivity (Wildman–Crippen MR) is 62.2 cm³/mol. The van der Waals surface area contributed by atoms with Gasteiger partial charge in [-0.25, -0.2) is 0 Å². The molecule has 5 nitrogen and oxygen atoms in total. The molecule has 0 spiro atoms. The first kappa shape index (κ1) is 13.3. The summed E-state index contributed by atoms with van der Waals surface area (Å²) in [6.07, 6.45) is 2.58. The van der Waals surface area contributed by atoms with Gasteiger partial charge >= 0.3 is 0 Å². The summed E-state index contributed by atoms with van der Waals surface area (Å²) < 4.78 is 0. The van der Waals surface area contributed by atoms with Crippen LogP contribution in [0.5, 0.6) is 0 Å². The molecule has 0 aromatic carbocycles. The number of nitrogens with two attached hydrogens (primary N) is 1. The summed E-state index contributed by atoms with van der Waals surface area (Å²) in [5.74, 6) is 0.308. The van der Waals surface area contributed by atoms with E-state index in [2.05, 4.69) is 5.32 Å². The molecule has 92 valence electrons. The second-order valence-electron chi connectivity index (χ2n) is 4.40. The van der Waals surface area contributed by atoms with E-state index in [0.29, 0.717) is 5.92 Å². The summed E-state index contributed by atoms with van der Waals surface area (Å²) in [5, 5.41) is 3.03. The first-order chi connectivity index (χ1) is 7.16. The Morgan fingerprint density at radius 2 is 2.19 bits per heavy atom. The van der Waals surface area contributed by atoms with Gasteiger partial charge in [-0.15, -0.1) is 12.4 Å². The maximum atomic E-state index is 11.9. The first-order valence-corrected chi connectivity index (χ1v) is 5.47. The van der Waals surface area contributed by atoms with Crippen molar-refractivity contribution in [3.05, 3.63) is 0 Å². The summed E-state index contributed by atoms with van der Waals surface area (Å²) in [7, 11) is 0. The minimum absolute atomic E-state index is 0. The van der Waals surface area contributed by atoms with Gasteiger partial charge < -0.3 is 16.0 Å². The molecule has 2 fully saturated rings. The van der Waals surface area contributed by atoms with Crippen LogP contribution < -0.4 is 11.1 Å². The van der Waals surface area contributed by atoms with Crippen LogP contribution in [-0.4, -0.2) is 42.4 Å². The number of primary amides is 1. The lowest BCUT2D eigenvalue weighted by atomic mass is 10.1. The number of halogens is 1. The topological polar surface area (TPSA) is 75.4 Å². The van der Waals surface area contributed by atoms with Crippen LogP contribution in [0.3, 0.4) is 0 Å². The lowest BCUT2D eigenvalue weighted by molar-refractivity contribution is -0.138. The maximum Gasteiger partial charge on any atom is 0.240 e. The van der Waals surface area contributed by atoms with E-state index in [-0.39, 0.29) is 24.7 Å². The van der Waals surface area contributed by atoms with Crippen molar-refractivity contribution in [2.75, 3.05) is 19.6 Å². The second kappa shape index (κ2) is 5.50. The number of hydrogen-bond acceptors (Lipinski definition) is 3. The van der Waals surface area contributed by atoms with E-state index >= 15 is 0 Å². The monoisotopic (exact) mass is 247 g/mol. The lowest BCUT2D eigenvalue weighted by Crippen LogP contribution is -2.56. The Kier molecular flexibility index (Phi) is 4.56. The van der Waals surface area contributed by atoms with Gasteiger partial charge in [0.05, 0.1) is 12.5 Å². The smallest absolute Gasteiger partial charge is 0.240 e. The van der Waals surface area contributed by atoms with Crippen LogP contribution in [-0.2, 0) is 9.59 Å². The Morgan fingerprint density at radius 1 is 1.50 bits per heavy atom. The second-order valence-corrected chi connectivity index (χ2v) is 4.40. The third-order valence-corrected chi connectivity index (χ3v) is 2.96. The van der Waals surface area contributed by atoms with E-state index in [9.17, 15) is 9.59 Å². The summed E-state index contributed by atoms with van der Waals surface area (Å²) in [6.45, 7) is 2.37. The molecule has 2 rings (SSSR count). The normalized spacial score (nSPS) is 25.1. The Morgan fingerprint density at radius 3 is 2.75 bits per heavy atom. The minimum atomic E-state index is -0.422. The van der Waals surface area contributed by atoms with Crippen LogP contribution in [0.2, 0.25) is 0 Å². The zero-order valence-electron chi connectivity index (χ0n) is 9.15. The Labute approximate surface area is 101 Å². The van der Waals surface area contributed by atoms with E-state index in [1.165, 1.54) is 12.8 Å². The summed E-state index contributed by atoms with van der Waals surface area (Å²) in [6, 6.07) is -0.394. The highest BCUT2D eigenvalue weighted by molar-refractivity contribution is 5.88. The first-order valence-electron chi connectivity index (χ1n) is 5.47. The van der Waals surface area contributed by atoms with Crippen LogP contribution >= 0.6 is 12.4 Å². The number of nitrogens with zero attached hydrogens (tertiary/aromatic N) is 1. The van der Waals surface area contributed by atoms with E-state index in [0.717, 1.165) is 19.6 Å². The zero-order chi connectivity index (χ0) is 10.8. The summed E-state index contributed by atoms with van der Waals surface area (Å²) in [5.41, 5.74) is 5.09. The van der Waals surface area contributed by atoms with Crippen molar-refractivity contribution in [1.82, 2.24) is 10.2 Å². The number of hydrogen-bond donors (Lipinski definition) is 2. The molecule has 1 aliphatic heterocycles. The molecular formula is C10H18ClN3O2.